The van der Waals surface area contributed by atoms with Gasteiger partial charge >= 0.3 is 11.9 Å². The highest BCUT2D eigenvalue weighted by Gasteiger charge is 2.24. The molecule has 0 fully saturated rings. The molecule has 8 heteroatoms. The highest BCUT2D eigenvalue weighted by molar-refractivity contribution is 5.93. The maximum atomic E-state index is 12.4. The Balaban J connectivity index is 1.62. The summed E-state index contributed by atoms with van der Waals surface area (Å²) >= 11 is 0. The summed E-state index contributed by atoms with van der Waals surface area (Å²) in [7, 11) is 4.98. The fourth-order valence-electron chi connectivity index (χ4n) is 3.22. The fraction of sp³-hybridized carbons (Fsp3) is 0.261. The number of nitrogens with zero attached hydrogens (tertiary/aromatic N) is 1. The van der Waals surface area contributed by atoms with Crippen LogP contribution < -0.4 is 10.2 Å². The standard InChI is InChI=1S/C23H25N3O5/c1-26(2)17-8-6-7-15(11-17)22(28)31-14-21(27)25-20(23(29)30-3)12-16-13-24-19-10-5-4-9-18(16)19/h4-11,13,20,24H,12,14H2,1-3H3,(H,25,27)/t20-/m0/s1. The zero-order chi connectivity index (χ0) is 22.4. The average Bonchev–Trinajstić information content (AvgIpc) is 3.19. The van der Waals surface area contributed by atoms with Crippen molar-refractivity contribution in [2.45, 2.75) is 12.5 Å². The summed E-state index contributed by atoms with van der Waals surface area (Å²) in [5, 5.41) is 3.55. The normalized spacial score (nSPS) is 11.6. The van der Waals surface area contributed by atoms with Crippen LogP contribution in [0, 0.1) is 0 Å². The summed E-state index contributed by atoms with van der Waals surface area (Å²) < 4.78 is 9.94. The van der Waals surface area contributed by atoms with Gasteiger partial charge in [0.1, 0.15) is 6.04 Å². The first-order chi connectivity index (χ1) is 14.9. The van der Waals surface area contributed by atoms with Crippen molar-refractivity contribution in [3.05, 3.63) is 65.9 Å². The number of anilines is 1. The number of para-hydroxylation sites is 1. The predicted octanol–water partition coefficient (Wildman–Crippen LogP) is 2.29. The second-order valence-electron chi connectivity index (χ2n) is 7.23. The molecule has 31 heavy (non-hydrogen) atoms. The molecule has 3 aromatic rings. The Morgan fingerprint density at radius 2 is 1.87 bits per heavy atom. The number of aromatic nitrogens is 1. The average molecular weight is 423 g/mol. The molecule has 0 spiro atoms. The SMILES string of the molecule is COC(=O)[C@H](Cc1c[nH]c2ccccc12)NC(=O)COC(=O)c1cccc(N(C)C)c1. The van der Waals surface area contributed by atoms with Crippen LogP contribution in [0.1, 0.15) is 15.9 Å². The molecule has 162 valence electrons. The summed E-state index contributed by atoms with van der Waals surface area (Å²) in [4.78, 5) is 41.9. The molecular formula is C23H25N3O5. The highest BCUT2D eigenvalue weighted by Crippen LogP contribution is 2.19. The predicted molar refractivity (Wildman–Crippen MR) is 117 cm³/mol. The Morgan fingerprint density at radius 3 is 2.61 bits per heavy atom. The molecule has 2 N–H and O–H groups in total. The van der Waals surface area contributed by atoms with E-state index in [-0.39, 0.29) is 6.42 Å². The number of esters is 2. The molecule has 0 aliphatic rings. The first kappa shape index (κ1) is 21.9. The van der Waals surface area contributed by atoms with Crippen LogP contribution in [0.25, 0.3) is 10.9 Å². The van der Waals surface area contributed by atoms with Crippen molar-refractivity contribution in [1.82, 2.24) is 10.3 Å². The molecule has 2 aromatic carbocycles. The van der Waals surface area contributed by atoms with Gasteiger partial charge < -0.3 is 24.7 Å². The lowest BCUT2D eigenvalue weighted by molar-refractivity contribution is -0.145. The summed E-state index contributed by atoms with van der Waals surface area (Å²) in [5.74, 6) is -1.79. The molecule has 1 amide bonds. The number of fused-ring (bicyclic) bond motifs is 1. The lowest BCUT2D eigenvalue weighted by atomic mass is 10.0. The van der Waals surface area contributed by atoms with Gasteiger partial charge in [-0.2, -0.15) is 0 Å². The van der Waals surface area contributed by atoms with Gasteiger partial charge in [-0.05, 0) is 29.8 Å². The van der Waals surface area contributed by atoms with Crippen LogP contribution in [0.5, 0.6) is 0 Å². The van der Waals surface area contributed by atoms with Crippen molar-refractivity contribution < 1.29 is 23.9 Å². The second kappa shape index (κ2) is 9.80. The maximum Gasteiger partial charge on any atom is 0.338 e. The Morgan fingerprint density at radius 1 is 1.10 bits per heavy atom. The third-order valence-electron chi connectivity index (χ3n) is 4.85. The Kier molecular flexibility index (Phi) is 6.92. The fourth-order valence-corrected chi connectivity index (χ4v) is 3.22. The third-order valence-corrected chi connectivity index (χ3v) is 4.85. The van der Waals surface area contributed by atoms with Crippen molar-refractivity contribution in [2.24, 2.45) is 0 Å². The summed E-state index contributed by atoms with van der Waals surface area (Å²) in [6.07, 6.45) is 2.03. The number of carbonyl (C=O) groups is 3. The summed E-state index contributed by atoms with van der Waals surface area (Å²) in [6, 6.07) is 13.6. The molecule has 0 saturated carbocycles. The Labute approximate surface area is 180 Å². The molecule has 0 aliphatic carbocycles. The first-order valence-corrected chi connectivity index (χ1v) is 9.75. The van der Waals surface area contributed by atoms with Crippen LogP contribution >= 0.6 is 0 Å². The lowest BCUT2D eigenvalue weighted by Crippen LogP contribution is -2.44. The van der Waals surface area contributed by atoms with Gasteiger partial charge in [0.05, 0.1) is 12.7 Å². The number of ether oxygens (including phenoxy) is 2. The zero-order valence-electron chi connectivity index (χ0n) is 17.7. The van der Waals surface area contributed by atoms with E-state index in [0.29, 0.717) is 5.56 Å². The van der Waals surface area contributed by atoms with E-state index in [2.05, 4.69) is 10.3 Å². The number of carbonyl (C=O) groups excluding carboxylic acids is 3. The van der Waals surface area contributed by atoms with E-state index in [1.54, 1.807) is 24.4 Å². The number of methoxy groups -OCH3 is 1. The monoisotopic (exact) mass is 423 g/mol. The maximum absolute atomic E-state index is 12.4. The van der Waals surface area contributed by atoms with Gasteiger partial charge in [0, 0.05) is 43.3 Å². The van der Waals surface area contributed by atoms with Gasteiger partial charge in [-0.1, -0.05) is 24.3 Å². The number of rotatable bonds is 8. The summed E-state index contributed by atoms with van der Waals surface area (Å²) in [5.41, 5.74) is 2.97. The number of aromatic amines is 1. The Bertz CT molecular complexity index is 1090. The Hall–Kier alpha value is -3.81. The van der Waals surface area contributed by atoms with Gasteiger partial charge in [-0.15, -0.1) is 0 Å². The molecule has 0 radical (unpaired) electrons. The molecule has 8 nitrogen and oxygen atoms in total. The topological polar surface area (TPSA) is 101 Å². The molecule has 0 unspecified atom stereocenters. The van der Waals surface area contributed by atoms with Crippen LogP contribution in [0.15, 0.2) is 54.7 Å². The van der Waals surface area contributed by atoms with Crippen molar-refractivity contribution >= 4 is 34.4 Å². The van der Waals surface area contributed by atoms with Crippen molar-refractivity contribution in [1.29, 1.82) is 0 Å². The van der Waals surface area contributed by atoms with E-state index in [0.717, 1.165) is 22.2 Å². The molecule has 1 atom stereocenters. The van der Waals surface area contributed by atoms with Crippen LogP contribution in [0.3, 0.4) is 0 Å². The van der Waals surface area contributed by atoms with Gasteiger partial charge in [0.25, 0.3) is 5.91 Å². The number of benzene rings is 2. The van der Waals surface area contributed by atoms with E-state index in [1.165, 1.54) is 7.11 Å². The third kappa shape index (κ3) is 5.42. The van der Waals surface area contributed by atoms with Gasteiger partial charge in [0.2, 0.25) is 0 Å². The van der Waals surface area contributed by atoms with E-state index in [1.807, 2.05) is 49.3 Å². The molecule has 0 aliphatic heterocycles. The van der Waals surface area contributed by atoms with Crippen molar-refractivity contribution in [3.8, 4) is 0 Å². The van der Waals surface area contributed by atoms with E-state index in [4.69, 9.17) is 9.47 Å². The minimum absolute atomic E-state index is 0.237. The molecule has 1 aromatic heterocycles. The quantitative estimate of drug-likeness (QED) is 0.539. The number of hydrogen-bond donors (Lipinski definition) is 2. The minimum atomic E-state index is -0.910. The molecule has 3 rings (SSSR count). The molecular weight excluding hydrogens is 398 g/mol. The van der Waals surface area contributed by atoms with Crippen molar-refractivity contribution in [2.75, 3.05) is 32.7 Å². The smallest absolute Gasteiger partial charge is 0.338 e. The van der Waals surface area contributed by atoms with Crippen LogP contribution in [-0.2, 0) is 25.5 Å². The van der Waals surface area contributed by atoms with Crippen molar-refractivity contribution in [3.63, 3.8) is 0 Å². The molecule has 0 bridgehead atoms. The number of amides is 1. The molecule has 1 heterocycles. The van der Waals surface area contributed by atoms with Crippen LogP contribution in [0.4, 0.5) is 5.69 Å². The zero-order valence-corrected chi connectivity index (χ0v) is 17.7. The van der Waals surface area contributed by atoms with Gasteiger partial charge in [-0.3, -0.25) is 4.79 Å². The van der Waals surface area contributed by atoms with Gasteiger partial charge in [0.15, 0.2) is 6.61 Å². The van der Waals surface area contributed by atoms with Crippen LogP contribution in [-0.4, -0.2) is 56.7 Å². The highest BCUT2D eigenvalue weighted by atomic mass is 16.5. The van der Waals surface area contributed by atoms with E-state index in [9.17, 15) is 14.4 Å². The van der Waals surface area contributed by atoms with Crippen LogP contribution in [0.2, 0.25) is 0 Å². The van der Waals surface area contributed by atoms with E-state index >= 15 is 0 Å². The number of hydrogen-bond acceptors (Lipinski definition) is 6. The number of nitrogens with one attached hydrogen (secondary N) is 2. The number of H-pyrrole nitrogens is 1. The minimum Gasteiger partial charge on any atom is -0.467 e. The van der Waals surface area contributed by atoms with Gasteiger partial charge in [-0.25, -0.2) is 9.59 Å². The largest absolute Gasteiger partial charge is 0.467 e. The first-order valence-electron chi connectivity index (χ1n) is 9.75. The second-order valence-corrected chi connectivity index (χ2v) is 7.23. The summed E-state index contributed by atoms with van der Waals surface area (Å²) in [6.45, 7) is -0.508. The van der Waals surface area contributed by atoms with E-state index < -0.39 is 30.5 Å². The molecule has 0 saturated heterocycles. The lowest BCUT2D eigenvalue weighted by Gasteiger charge is -2.16.